The maximum atomic E-state index is 13.6. The van der Waals surface area contributed by atoms with E-state index in [-0.39, 0.29) is 17.4 Å². The van der Waals surface area contributed by atoms with Crippen LogP contribution >= 0.6 is 22.9 Å². The molecule has 2 aliphatic rings. The quantitative estimate of drug-likeness (QED) is 0.511. The molecule has 32 heavy (non-hydrogen) atoms. The molecular weight excluding hydrogens is 454 g/mol. The highest BCUT2D eigenvalue weighted by Gasteiger charge is 2.46. The molecule has 3 aromatic rings. The molecule has 1 saturated heterocycles. The number of fused-ring (bicyclic) bond motifs is 1. The van der Waals surface area contributed by atoms with Crippen molar-refractivity contribution in [3.8, 4) is 5.75 Å². The number of hydrogen-bond donors (Lipinski definition) is 1. The van der Waals surface area contributed by atoms with Crippen molar-refractivity contribution >= 4 is 45.6 Å². The molecule has 0 radical (unpaired) electrons. The molecule has 7 nitrogen and oxygen atoms in total. The van der Waals surface area contributed by atoms with Crippen molar-refractivity contribution < 1.29 is 28.6 Å². The first kappa shape index (κ1) is 21.1. The monoisotopic (exact) mass is 473 g/mol. The number of ether oxygens (including phenoxy) is 2. The fraction of sp³-hybridized carbons (Fsp3) is 0.304. The number of aliphatic hydroxyl groups is 1. The highest BCUT2D eigenvalue weighted by molar-refractivity contribution is 7.10. The Bertz CT molecular complexity index is 1220. The molecule has 1 aromatic carbocycles. The van der Waals surface area contributed by atoms with Gasteiger partial charge in [-0.2, -0.15) is 0 Å². The number of nitrogens with zero attached hydrogens (tertiary/aromatic N) is 1. The molecule has 1 amide bonds. The van der Waals surface area contributed by atoms with Gasteiger partial charge < -0.3 is 23.9 Å². The number of aliphatic hydroxyl groups excluding tert-OH is 1. The van der Waals surface area contributed by atoms with Crippen molar-refractivity contribution in [1.29, 1.82) is 0 Å². The summed E-state index contributed by atoms with van der Waals surface area (Å²) in [5, 5.41) is 13.7. The number of benzene rings is 1. The minimum absolute atomic E-state index is 0.000401. The van der Waals surface area contributed by atoms with Crippen molar-refractivity contribution in [2.45, 2.75) is 25.0 Å². The zero-order valence-corrected chi connectivity index (χ0v) is 18.7. The Kier molecular flexibility index (Phi) is 5.44. The zero-order valence-electron chi connectivity index (χ0n) is 17.2. The number of carbonyl (C=O) groups is 2. The van der Waals surface area contributed by atoms with Gasteiger partial charge in [-0.3, -0.25) is 9.59 Å². The van der Waals surface area contributed by atoms with E-state index >= 15 is 0 Å². The van der Waals surface area contributed by atoms with Gasteiger partial charge in [0.1, 0.15) is 0 Å². The van der Waals surface area contributed by atoms with Gasteiger partial charge in [-0.05, 0) is 36.4 Å². The van der Waals surface area contributed by atoms with Crippen molar-refractivity contribution in [2.24, 2.45) is 0 Å². The Morgan fingerprint density at radius 1 is 1.38 bits per heavy atom. The summed E-state index contributed by atoms with van der Waals surface area (Å²) in [6, 6.07) is 7.78. The third-order valence-electron chi connectivity index (χ3n) is 5.78. The first-order valence-corrected chi connectivity index (χ1v) is 11.4. The van der Waals surface area contributed by atoms with E-state index in [1.807, 2.05) is 17.5 Å². The van der Waals surface area contributed by atoms with E-state index in [1.165, 1.54) is 23.3 Å². The minimum atomic E-state index is -0.710. The van der Waals surface area contributed by atoms with Crippen LogP contribution in [0.1, 0.15) is 34.3 Å². The van der Waals surface area contributed by atoms with E-state index in [1.54, 1.807) is 18.2 Å². The van der Waals surface area contributed by atoms with E-state index in [0.717, 1.165) is 17.7 Å². The summed E-state index contributed by atoms with van der Waals surface area (Å²) in [7, 11) is 1.48. The second kappa shape index (κ2) is 8.27. The summed E-state index contributed by atoms with van der Waals surface area (Å²) in [6.45, 7) is 0.941. The summed E-state index contributed by atoms with van der Waals surface area (Å²) in [6.07, 6.45) is 1.63. The minimum Gasteiger partial charge on any atom is -0.503 e. The molecule has 2 atom stereocenters. The van der Waals surface area contributed by atoms with Crippen LogP contribution in [-0.2, 0) is 9.53 Å². The molecule has 1 N–H and O–H groups in total. The van der Waals surface area contributed by atoms with Gasteiger partial charge in [0, 0.05) is 34.5 Å². The molecule has 1 fully saturated rings. The predicted molar refractivity (Wildman–Crippen MR) is 120 cm³/mol. The van der Waals surface area contributed by atoms with Gasteiger partial charge in [0.2, 0.25) is 5.78 Å². The maximum absolute atomic E-state index is 13.6. The summed E-state index contributed by atoms with van der Waals surface area (Å²) in [5.74, 6) is -1.31. The maximum Gasteiger partial charge on any atom is 0.290 e. The molecule has 166 valence electrons. The molecular formula is C23H20ClNO6S. The average molecular weight is 474 g/mol. The summed E-state index contributed by atoms with van der Waals surface area (Å²) in [4.78, 5) is 28.9. The van der Waals surface area contributed by atoms with Crippen LogP contribution in [0.4, 0.5) is 0 Å². The predicted octanol–water partition coefficient (Wildman–Crippen LogP) is 4.91. The number of hydrogen-bond acceptors (Lipinski definition) is 7. The lowest BCUT2D eigenvalue weighted by atomic mass is 10.00. The molecule has 0 aliphatic carbocycles. The van der Waals surface area contributed by atoms with Crippen molar-refractivity contribution in [2.75, 3.05) is 20.3 Å². The van der Waals surface area contributed by atoms with Gasteiger partial charge in [-0.15, -0.1) is 11.3 Å². The largest absolute Gasteiger partial charge is 0.503 e. The zero-order chi connectivity index (χ0) is 22.4. The topological polar surface area (TPSA) is 89.2 Å². The first-order valence-electron chi connectivity index (χ1n) is 10.2. The van der Waals surface area contributed by atoms with E-state index < -0.39 is 23.5 Å². The molecule has 9 heteroatoms. The number of halogens is 1. The van der Waals surface area contributed by atoms with Gasteiger partial charge in [0.15, 0.2) is 22.9 Å². The average Bonchev–Trinajstić information content (AvgIpc) is 3.57. The number of rotatable bonds is 6. The molecule has 0 bridgehead atoms. The summed E-state index contributed by atoms with van der Waals surface area (Å²) >= 11 is 7.55. The number of ketones is 1. The van der Waals surface area contributed by atoms with Gasteiger partial charge in [0.25, 0.3) is 5.91 Å². The normalized spacial score (nSPS) is 21.2. The Morgan fingerprint density at radius 2 is 2.22 bits per heavy atom. The Balaban J connectivity index is 1.56. The number of thiophene rings is 1. The van der Waals surface area contributed by atoms with Crippen LogP contribution < -0.4 is 4.74 Å². The molecule has 0 spiro atoms. The van der Waals surface area contributed by atoms with Gasteiger partial charge in [0.05, 0.1) is 24.8 Å². The third-order valence-corrected chi connectivity index (χ3v) is 6.92. The molecule has 5 rings (SSSR count). The lowest BCUT2D eigenvalue weighted by Gasteiger charge is -2.27. The summed E-state index contributed by atoms with van der Waals surface area (Å²) in [5.41, 5.74) is 0.369. The SMILES string of the molecule is COc1cc(Cl)cc2cc(C(=O)C3=C(O)C(=O)N(CC4CCCO4)C3c3cccs3)oc12. The number of methoxy groups -OCH3 is 1. The van der Waals surface area contributed by atoms with E-state index in [0.29, 0.717) is 34.9 Å². The smallest absolute Gasteiger partial charge is 0.290 e. The summed E-state index contributed by atoms with van der Waals surface area (Å²) < 4.78 is 16.8. The Hall–Kier alpha value is -2.81. The van der Waals surface area contributed by atoms with Gasteiger partial charge in [-0.25, -0.2) is 0 Å². The lowest BCUT2D eigenvalue weighted by Crippen LogP contribution is -2.37. The van der Waals surface area contributed by atoms with E-state index in [2.05, 4.69) is 0 Å². The van der Waals surface area contributed by atoms with Crippen molar-refractivity contribution in [3.05, 3.63) is 62.7 Å². The van der Waals surface area contributed by atoms with E-state index in [4.69, 9.17) is 25.5 Å². The molecule has 0 saturated carbocycles. The van der Waals surface area contributed by atoms with E-state index in [9.17, 15) is 14.7 Å². The number of amides is 1. The van der Waals surface area contributed by atoms with Crippen LogP contribution in [0.15, 0.2) is 51.5 Å². The second-order valence-electron chi connectivity index (χ2n) is 7.74. The fourth-order valence-corrected chi connectivity index (χ4v) is 5.37. The highest BCUT2D eigenvalue weighted by Crippen LogP contribution is 2.42. The van der Waals surface area contributed by atoms with Crippen LogP contribution in [-0.4, -0.2) is 48.1 Å². The highest BCUT2D eigenvalue weighted by atomic mass is 35.5. The second-order valence-corrected chi connectivity index (χ2v) is 9.15. The number of carbonyl (C=O) groups excluding carboxylic acids is 2. The van der Waals surface area contributed by atoms with Crippen LogP contribution in [0.5, 0.6) is 5.75 Å². The molecule has 4 heterocycles. The Morgan fingerprint density at radius 3 is 2.91 bits per heavy atom. The third kappa shape index (κ3) is 3.48. The van der Waals surface area contributed by atoms with Crippen LogP contribution in [0.25, 0.3) is 11.0 Å². The number of Topliss-reactive ketones (excluding diaryl/α,β-unsaturated/α-hetero) is 1. The van der Waals surface area contributed by atoms with Gasteiger partial charge in [-0.1, -0.05) is 17.7 Å². The van der Waals surface area contributed by atoms with Crippen molar-refractivity contribution in [3.63, 3.8) is 0 Å². The van der Waals surface area contributed by atoms with Crippen molar-refractivity contribution in [1.82, 2.24) is 4.90 Å². The Labute approximate surface area is 192 Å². The number of furan rings is 1. The molecule has 2 aliphatic heterocycles. The van der Waals surface area contributed by atoms with Gasteiger partial charge >= 0.3 is 0 Å². The lowest BCUT2D eigenvalue weighted by molar-refractivity contribution is -0.130. The molecule has 2 unspecified atom stereocenters. The van der Waals surface area contributed by atoms with Crippen LogP contribution in [0, 0.1) is 0 Å². The fourth-order valence-electron chi connectivity index (χ4n) is 4.31. The standard InChI is InChI=1S/C23H20ClNO6S/c1-29-16-10-13(24)8-12-9-15(31-22(12)16)20(26)18-19(17-5-3-7-32-17)25(23(28)21(18)27)11-14-4-2-6-30-14/h3,5,7-10,14,19,27H,2,4,6,11H2,1H3. The molecule has 2 aromatic heterocycles. The van der Waals surface area contributed by atoms with Crippen LogP contribution in [0.3, 0.4) is 0 Å². The van der Waals surface area contributed by atoms with Crippen LogP contribution in [0.2, 0.25) is 5.02 Å². The first-order chi connectivity index (χ1) is 15.5.